The lowest BCUT2D eigenvalue weighted by Crippen LogP contribution is -2.59. The van der Waals surface area contributed by atoms with Gasteiger partial charge in [0.2, 0.25) is 41.4 Å². The molecule has 2 heterocycles. The first kappa shape index (κ1) is 50.7. The molecule has 20 heteroatoms. The molecular formula is C45H63N11O9. The summed E-state index contributed by atoms with van der Waals surface area (Å²) >= 11 is 0. The second-order valence-corrected chi connectivity index (χ2v) is 16.8. The summed E-state index contributed by atoms with van der Waals surface area (Å²) in [6, 6.07) is 8.50. The summed E-state index contributed by atoms with van der Waals surface area (Å²) in [6.45, 7) is 8.22. The summed E-state index contributed by atoms with van der Waals surface area (Å²) in [6.07, 6.45) is 3.10. The van der Waals surface area contributed by atoms with Crippen LogP contribution in [-0.4, -0.2) is 124 Å². The number of carbonyl (C=O) groups excluding carboxylic acids is 7. The number of fused-ring (bicyclic) bond motifs is 1. The molecule has 0 bridgehead atoms. The van der Waals surface area contributed by atoms with E-state index >= 15 is 0 Å². The van der Waals surface area contributed by atoms with Gasteiger partial charge in [0.15, 0.2) is 5.96 Å². The number of aromatic amines is 1. The number of nitrogens with two attached hydrogens (primary N) is 2. The lowest BCUT2D eigenvalue weighted by atomic mass is 10.00. The molecule has 0 spiro atoms. The molecule has 1 aromatic heterocycles. The lowest BCUT2D eigenvalue weighted by Gasteiger charge is -2.30. The van der Waals surface area contributed by atoms with E-state index in [0.29, 0.717) is 12.0 Å². The fraction of sp³-hybridized carbons (Fsp3) is 0.489. The number of para-hydroxylation sites is 1. The normalized spacial score (nSPS) is 16.2. The van der Waals surface area contributed by atoms with Gasteiger partial charge in [0.05, 0.1) is 0 Å². The number of carboxylic acids is 1. The third-order valence-corrected chi connectivity index (χ3v) is 10.9. The van der Waals surface area contributed by atoms with Crippen molar-refractivity contribution in [1.82, 2.24) is 41.8 Å². The number of likely N-dealkylation sites (tertiary alicyclic amines) is 1. The number of hydrogen-bond acceptors (Lipinski definition) is 9. The van der Waals surface area contributed by atoms with E-state index in [1.54, 1.807) is 36.5 Å². The minimum absolute atomic E-state index is 0.0227. The average molecular weight is 902 g/mol. The summed E-state index contributed by atoms with van der Waals surface area (Å²) in [4.78, 5) is 115. The minimum atomic E-state index is -1.29. The van der Waals surface area contributed by atoms with Gasteiger partial charge in [-0.2, -0.15) is 0 Å². The van der Waals surface area contributed by atoms with Gasteiger partial charge >= 0.3 is 5.97 Å². The Morgan fingerprint density at radius 2 is 1.37 bits per heavy atom. The van der Waals surface area contributed by atoms with E-state index in [9.17, 15) is 43.5 Å². The van der Waals surface area contributed by atoms with Crippen LogP contribution < -0.4 is 43.4 Å². The number of carboxylic acid groups (broad SMARTS) is 1. The molecule has 352 valence electrons. The zero-order valence-corrected chi connectivity index (χ0v) is 37.5. The predicted octanol–water partition coefficient (Wildman–Crippen LogP) is 0.0969. The molecule has 7 amide bonds. The van der Waals surface area contributed by atoms with Gasteiger partial charge in [-0.15, -0.1) is 0 Å². The molecule has 1 saturated heterocycles. The van der Waals surface area contributed by atoms with Gasteiger partial charge in [0.1, 0.15) is 42.3 Å². The van der Waals surface area contributed by atoms with Crippen molar-refractivity contribution in [3.8, 4) is 0 Å². The van der Waals surface area contributed by atoms with Crippen molar-refractivity contribution in [2.75, 3.05) is 13.1 Å². The molecule has 4 rings (SSSR count). The smallest absolute Gasteiger partial charge is 0.326 e. The summed E-state index contributed by atoms with van der Waals surface area (Å²) in [5.74, 6) is -5.84. The van der Waals surface area contributed by atoms with Crippen molar-refractivity contribution < 1.29 is 43.5 Å². The highest BCUT2D eigenvalue weighted by atomic mass is 16.4. The number of rotatable bonds is 23. The van der Waals surface area contributed by atoms with Crippen LogP contribution in [0.4, 0.5) is 0 Å². The number of nitrogens with one attached hydrogen (secondary N) is 7. The Hall–Kier alpha value is -6.99. The van der Waals surface area contributed by atoms with Crippen LogP contribution in [0.25, 0.3) is 10.9 Å². The number of aliphatic carboxylic acids is 1. The Labute approximate surface area is 377 Å². The van der Waals surface area contributed by atoms with Gasteiger partial charge in [0, 0.05) is 50.0 Å². The van der Waals surface area contributed by atoms with Crippen LogP contribution in [0.15, 0.2) is 65.8 Å². The second-order valence-electron chi connectivity index (χ2n) is 16.8. The van der Waals surface area contributed by atoms with E-state index < -0.39 is 89.6 Å². The highest BCUT2D eigenvalue weighted by Gasteiger charge is 2.39. The number of benzene rings is 2. The van der Waals surface area contributed by atoms with E-state index in [4.69, 9.17) is 11.5 Å². The molecule has 1 fully saturated rings. The molecule has 1 aliphatic heterocycles. The standard InChI is InChI=1S/C45H63N11O9/c1-25(2)21-34(40(60)53-33(44(64)65)17-11-19-48-45(46)47)54-41(61)35(22-29-13-7-6-8-14-29)55-42(62)37-18-12-20-56(37)43(63)27(4)51-38(58)26(3)50-39(59)36(52-28(5)57)23-30-24-49-32-16-10-9-15-31(30)32/h6-10,13-16,24-27,33-37,49H,11-12,17-23H2,1-5H3,(H,50,59)(H,51,58)(H,52,57)(H,53,60)(H,54,61)(H,55,62)(H,64,65)(H4,46,47,48)/t26-,27-,33-,34-,35-,36-,37-/m0/s1. The van der Waals surface area contributed by atoms with Gasteiger partial charge in [-0.05, 0) is 69.1 Å². The highest BCUT2D eigenvalue weighted by molar-refractivity contribution is 5.97. The summed E-state index contributed by atoms with van der Waals surface area (Å²) < 4.78 is 0. The molecule has 20 nitrogen and oxygen atoms in total. The molecule has 12 N–H and O–H groups in total. The summed E-state index contributed by atoms with van der Waals surface area (Å²) in [5, 5.41) is 26.6. The second kappa shape index (κ2) is 24.2. The van der Waals surface area contributed by atoms with Crippen LogP contribution in [0.1, 0.15) is 77.8 Å². The number of aromatic nitrogens is 1. The first-order chi connectivity index (χ1) is 30.8. The van der Waals surface area contributed by atoms with Crippen molar-refractivity contribution in [2.24, 2.45) is 22.4 Å². The van der Waals surface area contributed by atoms with Crippen molar-refractivity contribution in [2.45, 2.75) is 122 Å². The number of guanidine groups is 1. The largest absolute Gasteiger partial charge is 0.480 e. The first-order valence-corrected chi connectivity index (χ1v) is 21.8. The topological polar surface area (TPSA) is 312 Å². The molecule has 1 aliphatic rings. The number of aliphatic imine (C=N–C) groups is 1. The Bertz CT molecular complexity index is 2190. The van der Waals surface area contributed by atoms with Crippen molar-refractivity contribution in [3.63, 3.8) is 0 Å². The Balaban J connectivity index is 1.41. The van der Waals surface area contributed by atoms with Gasteiger partial charge in [-0.1, -0.05) is 62.4 Å². The Morgan fingerprint density at radius 1 is 0.754 bits per heavy atom. The Kier molecular flexibility index (Phi) is 18.8. The number of nitrogens with zero attached hydrogens (tertiary/aromatic N) is 2. The van der Waals surface area contributed by atoms with E-state index in [1.807, 2.05) is 38.1 Å². The molecule has 0 unspecified atom stereocenters. The quantitative estimate of drug-likeness (QED) is 0.0346. The van der Waals surface area contributed by atoms with Crippen LogP contribution in [-0.2, 0) is 51.2 Å². The lowest BCUT2D eigenvalue weighted by molar-refractivity contribution is -0.143. The molecule has 0 radical (unpaired) electrons. The maximum absolute atomic E-state index is 14.1. The molecule has 0 saturated carbocycles. The van der Waals surface area contributed by atoms with Gasteiger partial charge in [-0.3, -0.25) is 38.6 Å². The molecule has 0 aliphatic carbocycles. The van der Waals surface area contributed by atoms with Crippen molar-refractivity contribution >= 4 is 64.2 Å². The number of hydrogen-bond donors (Lipinski definition) is 10. The van der Waals surface area contributed by atoms with Crippen LogP contribution in [0.2, 0.25) is 0 Å². The van der Waals surface area contributed by atoms with E-state index in [2.05, 4.69) is 41.9 Å². The average Bonchev–Trinajstić information content (AvgIpc) is 3.91. The van der Waals surface area contributed by atoms with Gasteiger partial charge in [0.25, 0.3) is 0 Å². The first-order valence-electron chi connectivity index (χ1n) is 21.8. The van der Waals surface area contributed by atoms with Crippen molar-refractivity contribution in [1.29, 1.82) is 0 Å². The molecule has 3 aromatic rings. The fourth-order valence-electron chi connectivity index (χ4n) is 7.64. The minimum Gasteiger partial charge on any atom is -0.480 e. The molecule has 65 heavy (non-hydrogen) atoms. The number of amides is 7. The third-order valence-electron chi connectivity index (χ3n) is 10.9. The van der Waals surface area contributed by atoms with Crippen LogP contribution >= 0.6 is 0 Å². The van der Waals surface area contributed by atoms with Gasteiger partial charge in [-0.25, -0.2) is 4.79 Å². The van der Waals surface area contributed by atoms with E-state index in [1.165, 1.54) is 25.7 Å². The summed E-state index contributed by atoms with van der Waals surface area (Å²) in [7, 11) is 0. The summed E-state index contributed by atoms with van der Waals surface area (Å²) in [5.41, 5.74) is 13.1. The number of carbonyl (C=O) groups is 8. The fourth-order valence-corrected chi connectivity index (χ4v) is 7.64. The monoisotopic (exact) mass is 901 g/mol. The molecular weight excluding hydrogens is 839 g/mol. The van der Waals surface area contributed by atoms with E-state index in [-0.39, 0.29) is 63.5 Å². The van der Waals surface area contributed by atoms with Crippen LogP contribution in [0.3, 0.4) is 0 Å². The van der Waals surface area contributed by atoms with Crippen LogP contribution in [0, 0.1) is 5.92 Å². The SMILES string of the molecule is CC(=O)N[C@@H](Cc1c[nH]c2ccccc12)C(=O)N[C@@H](C)C(=O)N[C@@H](C)C(=O)N1CCC[C@H]1C(=O)N[C@@H](Cc1ccccc1)C(=O)N[C@@H](CC(C)C)C(=O)N[C@@H](CCCN=C(N)N)C(=O)O. The predicted molar refractivity (Wildman–Crippen MR) is 242 cm³/mol. The highest BCUT2D eigenvalue weighted by Crippen LogP contribution is 2.21. The molecule has 7 atom stereocenters. The Morgan fingerprint density at radius 3 is 2.03 bits per heavy atom. The molecule has 2 aromatic carbocycles. The maximum atomic E-state index is 14.1. The van der Waals surface area contributed by atoms with E-state index in [0.717, 1.165) is 16.5 Å². The third kappa shape index (κ3) is 15.4. The zero-order valence-electron chi connectivity index (χ0n) is 37.5. The van der Waals surface area contributed by atoms with Crippen LogP contribution in [0.5, 0.6) is 0 Å². The number of H-pyrrole nitrogens is 1. The zero-order chi connectivity index (χ0) is 47.8. The maximum Gasteiger partial charge on any atom is 0.326 e. The van der Waals surface area contributed by atoms with Gasteiger partial charge < -0.3 is 58.4 Å². The van der Waals surface area contributed by atoms with Crippen molar-refractivity contribution in [3.05, 3.63) is 71.9 Å².